The number of amides is 2. The highest BCUT2D eigenvalue weighted by Crippen LogP contribution is 2.32. The second-order valence-electron chi connectivity index (χ2n) is 10.3. The molecular formula is C28H27F4N5O4. The number of aliphatic hydroxyl groups excluding tert-OH is 1. The molecule has 0 aliphatic heterocycles. The molecule has 0 aliphatic carbocycles. The third-order valence-corrected chi connectivity index (χ3v) is 5.91. The minimum absolute atomic E-state index is 0.00833. The van der Waals surface area contributed by atoms with E-state index in [4.69, 9.17) is 4.74 Å². The molecule has 0 fully saturated rings. The summed E-state index contributed by atoms with van der Waals surface area (Å²) in [5.74, 6) is -6.62. The summed E-state index contributed by atoms with van der Waals surface area (Å²) < 4.78 is 64.5. The highest BCUT2D eigenvalue weighted by molar-refractivity contribution is 5.97. The number of aryl methyl sites for hydroxylation is 1. The Labute approximate surface area is 232 Å². The normalized spacial score (nSPS) is 12.7. The molecule has 1 atom stereocenters. The number of ether oxygens (including phenoxy) is 1. The predicted octanol–water partition coefficient (Wildman–Crippen LogP) is 5.43. The summed E-state index contributed by atoms with van der Waals surface area (Å²) in [6.45, 7) is 5.24. The smallest absolute Gasteiger partial charge is 0.414 e. The zero-order valence-electron chi connectivity index (χ0n) is 22.5. The number of aliphatic hydroxyl groups is 1. The van der Waals surface area contributed by atoms with E-state index in [0.29, 0.717) is 5.56 Å². The van der Waals surface area contributed by atoms with Crippen molar-refractivity contribution in [1.29, 1.82) is 0 Å². The van der Waals surface area contributed by atoms with Gasteiger partial charge in [-0.3, -0.25) is 10.1 Å². The maximum absolute atomic E-state index is 15.6. The van der Waals surface area contributed by atoms with E-state index in [2.05, 4.69) is 15.4 Å². The molecule has 0 bridgehead atoms. The number of benzene rings is 2. The quantitative estimate of drug-likeness (QED) is 0.254. The minimum Gasteiger partial charge on any atom is -0.444 e. The van der Waals surface area contributed by atoms with Crippen LogP contribution in [0, 0.1) is 18.6 Å². The number of carbonyl (C=O) groups excluding carboxylic acids is 2. The van der Waals surface area contributed by atoms with Crippen molar-refractivity contribution >= 4 is 23.6 Å². The van der Waals surface area contributed by atoms with Crippen molar-refractivity contribution in [2.75, 3.05) is 11.9 Å². The third kappa shape index (κ3) is 6.80. The van der Waals surface area contributed by atoms with Gasteiger partial charge < -0.3 is 15.2 Å². The van der Waals surface area contributed by atoms with Gasteiger partial charge in [0.25, 0.3) is 17.8 Å². The fraction of sp³-hybridized carbons (Fsp3) is 0.286. The van der Waals surface area contributed by atoms with Gasteiger partial charge in [0.15, 0.2) is 5.65 Å². The topological polar surface area (TPSA) is 118 Å². The number of pyridine rings is 1. The highest BCUT2D eigenvalue weighted by Gasteiger charge is 2.40. The molecule has 0 saturated heterocycles. The van der Waals surface area contributed by atoms with Crippen LogP contribution in [0.25, 0.3) is 16.8 Å². The van der Waals surface area contributed by atoms with E-state index in [0.717, 1.165) is 24.3 Å². The second kappa shape index (κ2) is 11.2. The fourth-order valence-electron chi connectivity index (χ4n) is 3.94. The van der Waals surface area contributed by atoms with Gasteiger partial charge in [0.05, 0.1) is 12.1 Å². The number of carbonyl (C=O) groups is 2. The maximum atomic E-state index is 15.6. The number of hydrogen-bond acceptors (Lipinski definition) is 6. The lowest BCUT2D eigenvalue weighted by atomic mass is 9.98. The van der Waals surface area contributed by atoms with Crippen molar-refractivity contribution in [2.45, 2.75) is 45.3 Å². The Hall–Kier alpha value is -4.52. The average molecular weight is 574 g/mol. The first-order chi connectivity index (χ1) is 19.1. The van der Waals surface area contributed by atoms with E-state index in [1.165, 1.54) is 41.9 Å². The number of rotatable bonds is 7. The van der Waals surface area contributed by atoms with E-state index in [1.807, 2.05) is 5.32 Å². The molecule has 2 aromatic heterocycles. The molecule has 4 aromatic rings. The first-order valence-corrected chi connectivity index (χ1v) is 12.4. The molecule has 2 aromatic carbocycles. The first-order valence-electron chi connectivity index (χ1n) is 12.4. The van der Waals surface area contributed by atoms with Gasteiger partial charge in [0, 0.05) is 11.8 Å². The molecule has 0 saturated carbocycles. The zero-order chi connectivity index (χ0) is 30.1. The molecule has 3 N–H and O–H groups in total. The number of aromatic nitrogens is 3. The number of nitrogens with zero attached hydrogens (tertiary/aromatic N) is 3. The maximum Gasteiger partial charge on any atom is 0.414 e. The molecule has 13 heteroatoms. The van der Waals surface area contributed by atoms with E-state index in [9.17, 15) is 27.9 Å². The zero-order valence-corrected chi connectivity index (χ0v) is 22.5. The van der Waals surface area contributed by atoms with E-state index >= 15 is 4.39 Å². The van der Waals surface area contributed by atoms with Gasteiger partial charge in [-0.05, 0) is 68.7 Å². The van der Waals surface area contributed by atoms with Crippen molar-refractivity contribution in [3.8, 4) is 11.1 Å². The van der Waals surface area contributed by atoms with Crippen molar-refractivity contribution < 1.29 is 37.0 Å². The summed E-state index contributed by atoms with van der Waals surface area (Å²) in [5.41, 5.74) is -0.704. The standard InChI is InChI=1S/C28H27F4N5O4/c1-15-5-10-19(17-11-12-37-20(13-17)34-25(36-37)35-26(40)41-27(2,3)4)22(30)21(15)24(39)33-14-28(31,32)23(38)16-6-8-18(29)9-7-16/h5-13,23,38H,14H2,1-4H3,(H,33,39)(H,35,36,40). The van der Waals surface area contributed by atoms with Gasteiger partial charge in [-0.25, -0.2) is 26.9 Å². The van der Waals surface area contributed by atoms with Crippen molar-refractivity contribution in [3.63, 3.8) is 0 Å². The lowest BCUT2D eigenvalue weighted by Gasteiger charge is -2.23. The molecule has 216 valence electrons. The molecule has 41 heavy (non-hydrogen) atoms. The van der Waals surface area contributed by atoms with Gasteiger partial charge in [-0.1, -0.05) is 24.3 Å². The summed E-state index contributed by atoms with van der Waals surface area (Å²) in [5, 5.41) is 18.6. The second-order valence-corrected chi connectivity index (χ2v) is 10.3. The van der Waals surface area contributed by atoms with Crippen LogP contribution in [0.3, 0.4) is 0 Å². The SMILES string of the molecule is Cc1ccc(-c2ccn3nc(NC(=O)OC(C)(C)C)nc3c2)c(F)c1C(=O)NCC(F)(F)C(O)c1ccc(F)cc1. The lowest BCUT2D eigenvalue weighted by molar-refractivity contribution is -0.106. The van der Waals surface area contributed by atoms with Gasteiger partial charge >= 0.3 is 6.09 Å². The minimum atomic E-state index is -3.83. The van der Waals surface area contributed by atoms with Crippen LogP contribution in [0.1, 0.15) is 48.4 Å². The van der Waals surface area contributed by atoms with E-state index < -0.39 is 53.4 Å². The van der Waals surface area contributed by atoms with Crippen LogP contribution in [0.4, 0.5) is 28.3 Å². The molecule has 4 rings (SSSR count). The van der Waals surface area contributed by atoms with Crippen LogP contribution in [0.5, 0.6) is 0 Å². The number of hydrogen-bond donors (Lipinski definition) is 3. The molecule has 0 spiro atoms. The molecule has 2 heterocycles. The molecule has 2 amide bonds. The number of alkyl halides is 2. The molecule has 1 unspecified atom stereocenters. The van der Waals surface area contributed by atoms with Gasteiger partial charge in [-0.15, -0.1) is 5.10 Å². The average Bonchev–Trinajstić information content (AvgIpc) is 3.27. The molecule has 0 radical (unpaired) electrons. The molecule has 0 aliphatic rings. The fourth-order valence-corrected chi connectivity index (χ4v) is 3.94. The van der Waals surface area contributed by atoms with Crippen LogP contribution < -0.4 is 10.6 Å². The lowest BCUT2D eigenvalue weighted by Crippen LogP contribution is -2.41. The third-order valence-electron chi connectivity index (χ3n) is 5.91. The van der Waals surface area contributed by atoms with Crippen molar-refractivity contribution in [1.82, 2.24) is 19.9 Å². The van der Waals surface area contributed by atoms with Crippen molar-refractivity contribution in [3.05, 3.63) is 83.1 Å². The van der Waals surface area contributed by atoms with Gasteiger partial charge in [0.1, 0.15) is 23.3 Å². The Kier molecular flexibility index (Phi) is 8.02. The number of nitrogens with one attached hydrogen (secondary N) is 2. The van der Waals surface area contributed by atoms with E-state index in [-0.39, 0.29) is 28.3 Å². The van der Waals surface area contributed by atoms with Gasteiger partial charge in [-0.2, -0.15) is 4.98 Å². The number of fused-ring (bicyclic) bond motifs is 1. The summed E-state index contributed by atoms with van der Waals surface area (Å²) in [7, 11) is 0. The Morgan fingerprint density at radius 2 is 1.76 bits per heavy atom. The van der Waals surface area contributed by atoms with Crippen LogP contribution in [-0.4, -0.2) is 49.8 Å². The Bertz CT molecular complexity index is 1600. The van der Waals surface area contributed by atoms with E-state index in [1.54, 1.807) is 20.8 Å². The summed E-state index contributed by atoms with van der Waals surface area (Å²) >= 11 is 0. The van der Waals surface area contributed by atoms with Crippen molar-refractivity contribution in [2.24, 2.45) is 0 Å². The largest absolute Gasteiger partial charge is 0.444 e. The summed E-state index contributed by atoms with van der Waals surface area (Å²) in [4.78, 5) is 29.1. The predicted molar refractivity (Wildman–Crippen MR) is 142 cm³/mol. The monoisotopic (exact) mass is 573 g/mol. The Balaban J connectivity index is 1.54. The van der Waals surface area contributed by atoms with Crippen LogP contribution in [-0.2, 0) is 4.74 Å². The number of anilines is 1. The first kappa shape index (κ1) is 29.5. The summed E-state index contributed by atoms with van der Waals surface area (Å²) in [6, 6.07) is 9.72. The van der Waals surface area contributed by atoms with Crippen LogP contribution >= 0.6 is 0 Å². The Morgan fingerprint density at radius 1 is 1.07 bits per heavy atom. The summed E-state index contributed by atoms with van der Waals surface area (Å²) in [6.07, 6.45) is -1.62. The van der Waals surface area contributed by atoms with Crippen LogP contribution in [0.15, 0.2) is 54.7 Å². The number of halogens is 4. The Morgan fingerprint density at radius 3 is 2.41 bits per heavy atom. The molecular weight excluding hydrogens is 546 g/mol. The highest BCUT2D eigenvalue weighted by atomic mass is 19.3. The van der Waals surface area contributed by atoms with Crippen LogP contribution in [0.2, 0.25) is 0 Å². The molecule has 9 nitrogen and oxygen atoms in total. The van der Waals surface area contributed by atoms with Gasteiger partial charge in [0.2, 0.25) is 0 Å².